The number of rotatable bonds is 6. The van der Waals surface area contributed by atoms with Crippen LogP contribution in [0.25, 0.3) is 0 Å². The zero-order valence-corrected chi connectivity index (χ0v) is 16.4. The van der Waals surface area contributed by atoms with Crippen LogP contribution in [0, 0.1) is 5.82 Å². The highest BCUT2D eigenvalue weighted by Gasteiger charge is 2.27. The molecule has 0 amide bonds. The first kappa shape index (κ1) is 19.3. The van der Waals surface area contributed by atoms with E-state index in [1.807, 2.05) is 24.3 Å². The molecule has 1 atom stereocenters. The average Bonchev–Trinajstić information content (AvgIpc) is 2.79. The second kappa shape index (κ2) is 9.01. The highest BCUT2D eigenvalue weighted by Crippen LogP contribution is 2.28. The minimum atomic E-state index is -0.321. The first-order valence-corrected chi connectivity index (χ1v) is 10.1. The molecule has 4 heteroatoms. The summed E-state index contributed by atoms with van der Waals surface area (Å²) in [6.07, 6.45) is 0.390. The normalized spacial score (nSPS) is 15.8. The summed E-state index contributed by atoms with van der Waals surface area (Å²) in [5.41, 5.74) is 2.96. The number of Topliss-reactive ketones (excluding diaryl/α,β-unsaturated/α-hetero) is 1. The van der Waals surface area contributed by atoms with Gasteiger partial charge in [-0.15, -0.1) is 0 Å². The van der Waals surface area contributed by atoms with E-state index < -0.39 is 0 Å². The summed E-state index contributed by atoms with van der Waals surface area (Å²) in [6.45, 7) is 3.65. The third-order valence-electron chi connectivity index (χ3n) is 5.61. The van der Waals surface area contributed by atoms with Crippen LogP contribution >= 0.6 is 0 Å². The van der Waals surface area contributed by atoms with Crippen molar-refractivity contribution in [3.05, 3.63) is 102 Å². The van der Waals surface area contributed by atoms with Gasteiger partial charge in [0.1, 0.15) is 5.82 Å². The Morgan fingerprint density at radius 1 is 0.793 bits per heavy atom. The third kappa shape index (κ3) is 4.72. The molecular weight excluding hydrogens is 363 g/mol. The molecule has 0 N–H and O–H groups in total. The molecule has 0 radical (unpaired) electrons. The van der Waals surface area contributed by atoms with Crippen LogP contribution in [0.2, 0.25) is 0 Å². The first-order chi connectivity index (χ1) is 14.2. The molecule has 3 nitrogen and oxygen atoms in total. The van der Waals surface area contributed by atoms with Gasteiger partial charge < -0.3 is 4.90 Å². The van der Waals surface area contributed by atoms with Gasteiger partial charge in [-0.2, -0.15) is 0 Å². The fraction of sp³-hybridized carbons (Fsp3) is 0.240. The molecule has 3 aromatic rings. The number of carbonyl (C=O) groups is 1. The van der Waals surface area contributed by atoms with Gasteiger partial charge in [0.15, 0.2) is 5.78 Å². The maximum absolute atomic E-state index is 13.2. The summed E-state index contributed by atoms with van der Waals surface area (Å²) in [4.78, 5) is 17.7. The lowest BCUT2D eigenvalue weighted by atomic mass is 9.96. The van der Waals surface area contributed by atoms with Gasteiger partial charge in [-0.25, -0.2) is 4.39 Å². The summed E-state index contributed by atoms with van der Waals surface area (Å²) in [6, 6.07) is 26.5. The van der Waals surface area contributed by atoms with Gasteiger partial charge >= 0.3 is 0 Å². The molecule has 1 aliphatic rings. The fourth-order valence-electron chi connectivity index (χ4n) is 3.99. The van der Waals surface area contributed by atoms with Crippen LogP contribution < -0.4 is 4.90 Å². The minimum absolute atomic E-state index is 0.0201. The highest BCUT2D eigenvalue weighted by atomic mass is 19.1. The van der Waals surface area contributed by atoms with Gasteiger partial charge in [0.2, 0.25) is 0 Å². The van der Waals surface area contributed by atoms with Crippen LogP contribution in [0.15, 0.2) is 84.9 Å². The Morgan fingerprint density at radius 3 is 2.00 bits per heavy atom. The van der Waals surface area contributed by atoms with Crippen molar-refractivity contribution in [3.8, 4) is 0 Å². The number of nitrogens with zero attached hydrogens (tertiary/aromatic N) is 2. The Balaban J connectivity index is 1.49. The number of hydrogen-bond donors (Lipinski definition) is 0. The Hall–Kier alpha value is -2.98. The molecule has 0 aromatic heterocycles. The predicted molar refractivity (Wildman–Crippen MR) is 115 cm³/mol. The van der Waals surface area contributed by atoms with Crippen molar-refractivity contribution in [3.63, 3.8) is 0 Å². The molecule has 148 valence electrons. The summed E-state index contributed by atoms with van der Waals surface area (Å²) in [5, 5.41) is 0. The summed E-state index contributed by atoms with van der Waals surface area (Å²) in [7, 11) is 0. The molecule has 0 bridgehead atoms. The lowest BCUT2D eigenvalue weighted by Crippen LogP contribution is -2.48. The molecule has 0 aliphatic carbocycles. The quantitative estimate of drug-likeness (QED) is 0.558. The molecule has 0 spiro atoms. The second-order valence-corrected chi connectivity index (χ2v) is 7.42. The van der Waals surface area contributed by atoms with E-state index in [2.05, 4.69) is 46.2 Å². The summed E-state index contributed by atoms with van der Waals surface area (Å²) >= 11 is 0. The molecule has 0 unspecified atom stereocenters. The Morgan fingerprint density at radius 2 is 1.38 bits per heavy atom. The smallest absolute Gasteiger partial charge is 0.164 e. The molecule has 1 aliphatic heterocycles. The lowest BCUT2D eigenvalue weighted by molar-refractivity contribution is 0.0910. The van der Waals surface area contributed by atoms with Crippen molar-refractivity contribution >= 4 is 11.5 Å². The van der Waals surface area contributed by atoms with Crippen molar-refractivity contribution in [1.82, 2.24) is 4.90 Å². The van der Waals surface area contributed by atoms with Crippen molar-refractivity contribution in [2.75, 3.05) is 31.1 Å². The zero-order valence-electron chi connectivity index (χ0n) is 16.4. The van der Waals surface area contributed by atoms with E-state index in [1.54, 1.807) is 12.1 Å². The maximum Gasteiger partial charge on any atom is 0.164 e. The molecule has 4 rings (SSSR count). The third-order valence-corrected chi connectivity index (χ3v) is 5.61. The molecule has 3 aromatic carbocycles. The van der Waals surface area contributed by atoms with Crippen molar-refractivity contribution in [2.24, 2.45) is 0 Å². The molecule has 1 fully saturated rings. The lowest BCUT2D eigenvalue weighted by Gasteiger charge is -2.40. The largest absolute Gasteiger partial charge is 0.369 e. The minimum Gasteiger partial charge on any atom is -0.369 e. The van der Waals surface area contributed by atoms with Crippen LogP contribution in [0.4, 0.5) is 10.1 Å². The number of benzene rings is 3. The highest BCUT2D eigenvalue weighted by molar-refractivity contribution is 5.96. The topological polar surface area (TPSA) is 23.6 Å². The Labute approximate surface area is 171 Å². The summed E-state index contributed by atoms with van der Waals surface area (Å²) < 4.78 is 13.2. The Kier molecular flexibility index (Phi) is 6.01. The van der Waals surface area contributed by atoms with Crippen LogP contribution in [-0.2, 0) is 0 Å². The number of anilines is 1. The molecule has 1 saturated heterocycles. The monoisotopic (exact) mass is 388 g/mol. The van der Waals surface area contributed by atoms with Crippen LogP contribution in [0.1, 0.15) is 28.4 Å². The van der Waals surface area contributed by atoms with Gasteiger partial charge in [0, 0.05) is 49.9 Å². The van der Waals surface area contributed by atoms with Gasteiger partial charge in [-0.1, -0.05) is 48.5 Å². The van der Waals surface area contributed by atoms with Crippen molar-refractivity contribution in [1.29, 1.82) is 0 Å². The van der Waals surface area contributed by atoms with E-state index in [0.717, 1.165) is 31.7 Å². The number of para-hydroxylation sites is 1. The zero-order chi connectivity index (χ0) is 20.1. The Bertz CT molecular complexity index is 920. The first-order valence-electron chi connectivity index (χ1n) is 10.1. The van der Waals surface area contributed by atoms with Gasteiger partial charge in [-0.05, 0) is 42.0 Å². The van der Waals surface area contributed by atoms with Crippen LogP contribution in [0.3, 0.4) is 0 Å². The molecule has 0 saturated carbocycles. The average molecular weight is 388 g/mol. The SMILES string of the molecule is O=C(C[C@@H](c1ccccc1)N1CCN(c2ccccc2)CC1)c1ccc(F)cc1. The van der Waals surface area contributed by atoms with Gasteiger partial charge in [-0.3, -0.25) is 9.69 Å². The number of piperazine rings is 1. The number of carbonyl (C=O) groups excluding carboxylic acids is 1. The molecular formula is C25H25FN2O. The number of ketones is 1. The summed E-state index contributed by atoms with van der Waals surface area (Å²) in [5.74, 6) is -0.275. The maximum atomic E-state index is 13.2. The van der Waals surface area contributed by atoms with E-state index in [9.17, 15) is 9.18 Å². The standard InChI is InChI=1S/C25H25FN2O/c26-22-13-11-21(12-14-22)25(29)19-24(20-7-3-1-4-8-20)28-17-15-27(16-18-28)23-9-5-2-6-10-23/h1-14,24H,15-19H2/t24-/m0/s1. The number of hydrogen-bond acceptors (Lipinski definition) is 3. The van der Waals surface area contributed by atoms with Crippen molar-refractivity contribution < 1.29 is 9.18 Å². The predicted octanol–water partition coefficient (Wildman–Crippen LogP) is 4.96. The van der Waals surface area contributed by atoms with Crippen molar-refractivity contribution in [2.45, 2.75) is 12.5 Å². The fourth-order valence-corrected chi connectivity index (χ4v) is 3.99. The van der Waals surface area contributed by atoms with E-state index in [-0.39, 0.29) is 17.6 Å². The van der Waals surface area contributed by atoms with E-state index in [0.29, 0.717) is 12.0 Å². The van der Waals surface area contributed by atoms with Crippen LogP contribution in [0.5, 0.6) is 0 Å². The molecule has 29 heavy (non-hydrogen) atoms. The van der Waals surface area contributed by atoms with Gasteiger partial charge in [0.05, 0.1) is 0 Å². The molecule has 1 heterocycles. The van der Waals surface area contributed by atoms with E-state index >= 15 is 0 Å². The van der Waals surface area contributed by atoms with Gasteiger partial charge in [0.25, 0.3) is 0 Å². The van der Waals surface area contributed by atoms with Crippen LogP contribution in [-0.4, -0.2) is 36.9 Å². The van der Waals surface area contributed by atoms with E-state index in [1.165, 1.54) is 17.8 Å². The number of halogens is 1. The second-order valence-electron chi connectivity index (χ2n) is 7.42. The van der Waals surface area contributed by atoms with E-state index in [4.69, 9.17) is 0 Å².